The third-order valence-electron chi connectivity index (χ3n) is 3.39. The molecule has 0 unspecified atom stereocenters. The summed E-state index contributed by atoms with van der Waals surface area (Å²) in [6.07, 6.45) is 0. The summed E-state index contributed by atoms with van der Waals surface area (Å²) in [5, 5.41) is 0.363. The molecule has 3 rings (SSSR count). The van der Waals surface area contributed by atoms with E-state index >= 15 is 0 Å². The second kappa shape index (κ2) is 6.75. The number of aryl methyl sites for hydroxylation is 1. The average Bonchev–Trinajstić information content (AvgIpc) is 2.93. The molecule has 23 heavy (non-hydrogen) atoms. The van der Waals surface area contributed by atoms with E-state index in [2.05, 4.69) is 4.98 Å². The minimum Gasteiger partial charge on any atom is -0.493 e. The molecule has 4 nitrogen and oxygen atoms in total. The minimum absolute atomic E-state index is 0.363. The quantitative estimate of drug-likeness (QED) is 0.668. The van der Waals surface area contributed by atoms with E-state index in [1.165, 1.54) is 0 Å². The highest BCUT2D eigenvalue weighted by atomic mass is 35.5. The summed E-state index contributed by atoms with van der Waals surface area (Å²) >= 11 is 5.96. The van der Waals surface area contributed by atoms with Gasteiger partial charge in [0.15, 0.2) is 16.7 Å². The summed E-state index contributed by atoms with van der Waals surface area (Å²) in [5.74, 6) is 2.32. The molecule has 2 aromatic carbocycles. The van der Waals surface area contributed by atoms with E-state index in [0.717, 1.165) is 11.1 Å². The van der Waals surface area contributed by atoms with Crippen LogP contribution in [-0.2, 0) is 6.61 Å². The zero-order valence-electron chi connectivity index (χ0n) is 12.9. The van der Waals surface area contributed by atoms with Crippen molar-refractivity contribution in [3.8, 4) is 23.0 Å². The van der Waals surface area contributed by atoms with Crippen LogP contribution in [0.5, 0.6) is 11.5 Å². The molecule has 0 aliphatic carbocycles. The number of rotatable bonds is 5. The number of methoxy groups -OCH3 is 1. The monoisotopic (exact) mass is 329 g/mol. The Balaban J connectivity index is 1.87. The second-order valence-electron chi connectivity index (χ2n) is 5.01. The summed E-state index contributed by atoms with van der Waals surface area (Å²) in [6.45, 7) is 2.22. The molecule has 5 heteroatoms. The number of nitrogens with zero attached hydrogens (tertiary/aromatic N) is 1. The Kier molecular flexibility index (Phi) is 4.53. The zero-order valence-corrected chi connectivity index (χ0v) is 13.6. The standard InChI is InChI=1S/C18H16ClNO3/c1-12-17(19)20-18(23-12)14-8-9-15(21-2)16(10-14)22-11-13-6-4-3-5-7-13/h3-10H,11H2,1-2H3. The van der Waals surface area contributed by atoms with Gasteiger partial charge in [-0.15, -0.1) is 0 Å². The topological polar surface area (TPSA) is 44.5 Å². The van der Waals surface area contributed by atoms with Crippen LogP contribution < -0.4 is 9.47 Å². The lowest BCUT2D eigenvalue weighted by Crippen LogP contribution is -1.98. The van der Waals surface area contributed by atoms with Crippen LogP contribution in [-0.4, -0.2) is 12.1 Å². The van der Waals surface area contributed by atoms with Gasteiger partial charge in [0, 0.05) is 5.56 Å². The van der Waals surface area contributed by atoms with Gasteiger partial charge in [-0.1, -0.05) is 41.9 Å². The van der Waals surface area contributed by atoms with Gasteiger partial charge in [-0.05, 0) is 30.7 Å². The van der Waals surface area contributed by atoms with Crippen LogP contribution in [0.15, 0.2) is 52.9 Å². The maximum absolute atomic E-state index is 5.96. The molecule has 0 spiro atoms. The Morgan fingerprint density at radius 2 is 1.87 bits per heavy atom. The molecule has 0 saturated heterocycles. The van der Waals surface area contributed by atoms with Crippen LogP contribution in [0, 0.1) is 6.92 Å². The average molecular weight is 330 g/mol. The number of ether oxygens (including phenoxy) is 2. The summed E-state index contributed by atoms with van der Waals surface area (Å²) in [6, 6.07) is 15.5. The molecule has 0 fully saturated rings. The van der Waals surface area contributed by atoms with Crippen molar-refractivity contribution in [2.24, 2.45) is 0 Å². The molecule has 0 N–H and O–H groups in total. The first-order chi connectivity index (χ1) is 11.2. The van der Waals surface area contributed by atoms with Gasteiger partial charge < -0.3 is 13.9 Å². The Morgan fingerprint density at radius 3 is 2.52 bits per heavy atom. The van der Waals surface area contributed by atoms with E-state index in [9.17, 15) is 0 Å². The fourth-order valence-corrected chi connectivity index (χ4v) is 2.27. The van der Waals surface area contributed by atoms with Gasteiger partial charge in [0.25, 0.3) is 0 Å². The predicted octanol–water partition coefficient (Wildman–Crippen LogP) is 4.89. The number of oxazole rings is 1. The molecule has 0 saturated carbocycles. The summed E-state index contributed by atoms with van der Waals surface area (Å²) in [7, 11) is 1.61. The molecule has 118 valence electrons. The third kappa shape index (κ3) is 3.48. The van der Waals surface area contributed by atoms with Gasteiger partial charge in [0.05, 0.1) is 7.11 Å². The van der Waals surface area contributed by atoms with E-state index in [4.69, 9.17) is 25.5 Å². The SMILES string of the molecule is COc1ccc(-c2nc(Cl)c(C)o2)cc1OCc1ccccc1. The molecule has 0 bridgehead atoms. The van der Waals surface area contributed by atoms with E-state index in [1.807, 2.05) is 48.5 Å². The normalized spacial score (nSPS) is 10.6. The Morgan fingerprint density at radius 1 is 1.09 bits per heavy atom. The Labute approximate surface area is 139 Å². The minimum atomic E-state index is 0.363. The lowest BCUT2D eigenvalue weighted by molar-refractivity contribution is 0.284. The van der Waals surface area contributed by atoms with Gasteiger partial charge in [-0.3, -0.25) is 0 Å². The maximum atomic E-state index is 5.96. The highest BCUT2D eigenvalue weighted by molar-refractivity contribution is 6.30. The van der Waals surface area contributed by atoms with Crippen molar-refractivity contribution in [2.45, 2.75) is 13.5 Å². The van der Waals surface area contributed by atoms with Crippen LogP contribution in [0.4, 0.5) is 0 Å². The lowest BCUT2D eigenvalue weighted by atomic mass is 10.2. The van der Waals surface area contributed by atoms with Crippen LogP contribution >= 0.6 is 11.6 Å². The van der Waals surface area contributed by atoms with E-state index in [1.54, 1.807) is 14.0 Å². The predicted molar refractivity (Wildman–Crippen MR) is 89.0 cm³/mol. The fourth-order valence-electron chi connectivity index (χ4n) is 2.16. The highest BCUT2D eigenvalue weighted by Gasteiger charge is 2.13. The first kappa shape index (κ1) is 15.4. The summed E-state index contributed by atoms with van der Waals surface area (Å²) in [5.41, 5.74) is 1.86. The molecule has 0 aliphatic rings. The van der Waals surface area contributed by atoms with Crippen molar-refractivity contribution in [1.82, 2.24) is 4.98 Å². The molecule has 3 aromatic rings. The summed E-state index contributed by atoms with van der Waals surface area (Å²) in [4.78, 5) is 4.20. The smallest absolute Gasteiger partial charge is 0.227 e. The van der Waals surface area contributed by atoms with Crippen molar-refractivity contribution in [2.75, 3.05) is 7.11 Å². The molecule has 0 atom stereocenters. The van der Waals surface area contributed by atoms with Crippen molar-refractivity contribution in [3.05, 3.63) is 65.0 Å². The van der Waals surface area contributed by atoms with E-state index < -0.39 is 0 Å². The molecule has 0 amide bonds. The molecular weight excluding hydrogens is 314 g/mol. The van der Waals surface area contributed by atoms with Crippen molar-refractivity contribution < 1.29 is 13.9 Å². The number of hydrogen-bond acceptors (Lipinski definition) is 4. The van der Waals surface area contributed by atoms with E-state index in [-0.39, 0.29) is 0 Å². The maximum Gasteiger partial charge on any atom is 0.227 e. The first-order valence-corrected chi connectivity index (χ1v) is 7.53. The van der Waals surface area contributed by atoms with Gasteiger partial charge in [0.1, 0.15) is 12.4 Å². The van der Waals surface area contributed by atoms with Crippen molar-refractivity contribution in [3.63, 3.8) is 0 Å². The van der Waals surface area contributed by atoms with Crippen molar-refractivity contribution in [1.29, 1.82) is 0 Å². The van der Waals surface area contributed by atoms with Crippen LogP contribution in [0.25, 0.3) is 11.5 Å². The second-order valence-corrected chi connectivity index (χ2v) is 5.36. The van der Waals surface area contributed by atoms with Crippen LogP contribution in [0.3, 0.4) is 0 Å². The van der Waals surface area contributed by atoms with Gasteiger partial charge in [-0.2, -0.15) is 4.98 Å². The Bertz CT molecular complexity index is 780. The van der Waals surface area contributed by atoms with E-state index in [0.29, 0.717) is 34.9 Å². The van der Waals surface area contributed by atoms with Crippen molar-refractivity contribution >= 4 is 11.6 Å². The molecular formula is C18H16ClNO3. The zero-order chi connectivity index (χ0) is 16.2. The largest absolute Gasteiger partial charge is 0.493 e. The number of hydrogen-bond donors (Lipinski definition) is 0. The van der Waals surface area contributed by atoms with Gasteiger partial charge >= 0.3 is 0 Å². The third-order valence-corrected chi connectivity index (χ3v) is 3.74. The molecule has 1 heterocycles. The molecule has 0 aliphatic heterocycles. The fraction of sp³-hybridized carbons (Fsp3) is 0.167. The van der Waals surface area contributed by atoms with Gasteiger partial charge in [0.2, 0.25) is 5.89 Å². The summed E-state index contributed by atoms with van der Waals surface area (Å²) < 4.78 is 16.8. The first-order valence-electron chi connectivity index (χ1n) is 7.15. The van der Waals surface area contributed by atoms with Crippen LogP contribution in [0.2, 0.25) is 5.15 Å². The van der Waals surface area contributed by atoms with Gasteiger partial charge in [-0.25, -0.2) is 0 Å². The highest BCUT2D eigenvalue weighted by Crippen LogP contribution is 2.34. The molecule has 0 radical (unpaired) electrons. The number of benzene rings is 2. The van der Waals surface area contributed by atoms with Crippen LogP contribution in [0.1, 0.15) is 11.3 Å². The number of halogens is 1. The Hall–Kier alpha value is -2.46. The molecule has 1 aromatic heterocycles. The lowest BCUT2D eigenvalue weighted by Gasteiger charge is -2.11. The number of aromatic nitrogens is 1.